The Morgan fingerprint density at radius 2 is 2.00 bits per heavy atom. The Kier molecular flexibility index (Phi) is 2.87. The van der Waals surface area contributed by atoms with E-state index in [2.05, 4.69) is 28.7 Å². The number of rotatable bonds is 1. The number of aryl methyl sites for hydroxylation is 1. The quantitative estimate of drug-likeness (QED) is 0.729. The Labute approximate surface area is 95.3 Å². The second kappa shape index (κ2) is 4.00. The summed E-state index contributed by atoms with van der Waals surface area (Å²) < 4.78 is 0.312. The van der Waals surface area contributed by atoms with Crippen molar-refractivity contribution >= 4 is 17.7 Å². The summed E-state index contributed by atoms with van der Waals surface area (Å²) in [6, 6.07) is 0. The van der Waals surface area contributed by atoms with Crippen molar-refractivity contribution in [1.82, 2.24) is 9.97 Å². The third-order valence-electron chi connectivity index (χ3n) is 2.48. The molecule has 0 aromatic carbocycles. The molecule has 4 heteroatoms. The number of hydrogen-bond acceptors (Lipinski definition) is 4. The molecule has 0 saturated carbocycles. The lowest BCUT2D eigenvalue weighted by Gasteiger charge is -2.37. The molecule has 0 radical (unpaired) electrons. The second-order valence-electron chi connectivity index (χ2n) is 4.59. The Balaban J connectivity index is 2.13. The summed E-state index contributed by atoms with van der Waals surface area (Å²) >= 11 is 2.02. The number of aromatic nitrogens is 2. The molecule has 0 bridgehead atoms. The van der Waals surface area contributed by atoms with E-state index in [1.807, 2.05) is 31.1 Å². The highest BCUT2D eigenvalue weighted by atomic mass is 32.2. The van der Waals surface area contributed by atoms with Gasteiger partial charge in [-0.3, -0.25) is 0 Å². The van der Waals surface area contributed by atoms with Crippen molar-refractivity contribution in [1.29, 1.82) is 0 Å². The van der Waals surface area contributed by atoms with Gasteiger partial charge in [0.2, 0.25) is 5.95 Å². The highest BCUT2D eigenvalue weighted by Gasteiger charge is 2.28. The number of nitrogens with zero attached hydrogens (tertiary/aromatic N) is 3. The minimum Gasteiger partial charge on any atom is -0.339 e. The molecule has 2 rings (SSSR count). The molecule has 0 atom stereocenters. The lowest BCUT2D eigenvalue weighted by atomic mass is 10.2. The van der Waals surface area contributed by atoms with Crippen LogP contribution in [-0.4, -0.2) is 33.6 Å². The summed E-state index contributed by atoms with van der Waals surface area (Å²) in [4.78, 5) is 11.0. The molecule has 0 spiro atoms. The predicted octanol–water partition coefficient (Wildman–Crippen LogP) is 2.12. The van der Waals surface area contributed by atoms with E-state index in [1.165, 1.54) is 0 Å². The first-order valence-corrected chi connectivity index (χ1v) is 6.23. The standard InChI is InChI=1S/C11H17N3S/c1-9-6-12-10(13-7-9)14-4-5-15-11(2,3)8-14/h6-7H,4-5,8H2,1-3H3. The van der Waals surface area contributed by atoms with Crippen LogP contribution in [0.3, 0.4) is 0 Å². The molecule has 1 aliphatic heterocycles. The lowest BCUT2D eigenvalue weighted by molar-refractivity contribution is 0.635. The SMILES string of the molecule is Cc1cnc(N2CCSC(C)(C)C2)nc1. The Hall–Kier alpha value is -0.770. The van der Waals surface area contributed by atoms with Crippen molar-refractivity contribution in [2.75, 3.05) is 23.7 Å². The molecule has 0 unspecified atom stereocenters. The van der Waals surface area contributed by atoms with E-state index >= 15 is 0 Å². The first-order valence-electron chi connectivity index (χ1n) is 5.24. The highest BCUT2D eigenvalue weighted by Crippen LogP contribution is 2.30. The van der Waals surface area contributed by atoms with Gasteiger partial charge in [-0.1, -0.05) is 0 Å². The molecule has 0 N–H and O–H groups in total. The maximum atomic E-state index is 4.37. The second-order valence-corrected chi connectivity index (χ2v) is 6.39. The fourth-order valence-electron chi connectivity index (χ4n) is 1.74. The zero-order valence-electron chi connectivity index (χ0n) is 9.53. The molecular weight excluding hydrogens is 206 g/mol. The number of anilines is 1. The van der Waals surface area contributed by atoms with Gasteiger partial charge >= 0.3 is 0 Å². The number of hydrogen-bond donors (Lipinski definition) is 0. The van der Waals surface area contributed by atoms with Crippen LogP contribution in [0, 0.1) is 6.92 Å². The van der Waals surface area contributed by atoms with Crippen LogP contribution in [0.25, 0.3) is 0 Å². The predicted molar refractivity (Wildman–Crippen MR) is 65.5 cm³/mol. The van der Waals surface area contributed by atoms with E-state index in [1.54, 1.807) is 0 Å². The molecule has 15 heavy (non-hydrogen) atoms. The Morgan fingerprint density at radius 3 is 2.60 bits per heavy atom. The van der Waals surface area contributed by atoms with Crippen molar-refractivity contribution < 1.29 is 0 Å². The van der Waals surface area contributed by atoms with E-state index in [9.17, 15) is 0 Å². The van der Waals surface area contributed by atoms with Gasteiger partial charge in [0.25, 0.3) is 0 Å². The smallest absolute Gasteiger partial charge is 0.225 e. The van der Waals surface area contributed by atoms with Crippen LogP contribution in [0.4, 0.5) is 5.95 Å². The third-order valence-corrected chi connectivity index (χ3v) is 3.77. The van der Waals surface area contributed by atoms with Gasteiger partial charge in [-0.2, -0.15) is 11.8 Å². The Morgan fingerprint density at radius 1 is 1.33 bits per heavy atom. The van der Waals surface area contributed by atoms with E-state index < -0.39 is 0 Å². The number of thioether (sulfide) groups is 1. The van der Waals surface area contributed by atoms with Crippen LogP contribution in [0.1, 0.15) is 19.4 Å². The van der Waals surface area contributed by atoms with Crippen LogP contribution >= 0.6 is 11.8 Å². The zero-order chi connectivity index (χ0) is 10.9. The van der Waals surface area contributed by atoms with Crippen LogP contribution in [0.15, 0.2) is 12.4 Å². The summed E-state index contributed by atoms with van der Waals surface area (Å²) in [5.74, 6) is 2.03. The summed E-state index contributed by atoms with van der Waals surface area (Å²) in [6.07, 6.45) is 3.77. The van der Waals surface area contributed by atoms with Crippen LogP contribution in [-0.2, 0) is 0 Å². The van der Waals surface area contributed by atoms with Crippen molar-refractivity contribution in [3.8, 4) is 0 Å². The molecule has 0 aliphatic carbocycles. The van der Waals surface area contributed by atoms with E-state index in [-0.39, 0.29) is 0 Å². The molecule has 3 nitrogen and oxygen atoms in total. The van der Waals surface area contributed by atoms with E-state index in [0.29, 0.717) is 4.75 Å². The largest absolute Gasteiger partial charge is 0.339 e. The van der Waals surface area contributed by atoms with Gasteiger partial charge in [0.1, 0.15) is 0 Å². The van der Waals surface area contributed by atoms with E-state index in [0.717, 1.165) is 30.4 Å². The van der Waals surface area contributed by atoms with Crippen molar-refractivity contribution in [2.45, 2.75) is 25.5 Å². The highest BCUT2D eigenvalue weighted by molar-refractivity contribution is 8.00. The minimum atomic E-state index is 0.312. The normalized spacial score (nSPS) is 20.3. The lowest BCUT2D eigenvalue weighted by Crippen LogP contribution is -2.43. The van der Waals surface area contributed by atoms with Gasteiger partial charge in [-0.05, 0) is 26.3 Å². The first-order chi connectivity index (χ1) is 7.07. The van der Waals surface area contributed by atoms with Crippen LogP contribution in [0.5, 0.6) is 0 Å². The average molecular weight is 223 g/mol. The molecule has 0 amide bonds. The summed E-state index contributed by atoms with van der Waals surface area (Å²) in [6.45, 7) is 8.65. The molecule has 1 saturated heterocycles. The fraction of sp³-hybridized carbons (Fsp3) is 0.636. The van der Waals surface area contributed by atoms with Gasteiger partial charge in [0, 0.05) is 36.0 Å². The third kappa shape index (κ3) is 2.62. The van der Waals surface area contributed by atoms with Crippen molar-refractivity contribution in [2.24, 2.45) is 0 Å². The summed E-state index contributed by atoms with van der Waals surface area (Å²) in [5, 5.41) is 0. The van der Waals surface area contributed by atoms with Gasteiger partial charge < -0.3 is 4.90 Å². The van der Waals surface area contributed by atoms with Gasteiger partial charge in [-0.15, -0.1) is 0 Å². The molecule has 2 heterocycles. The molecule has 1 aromatic heterocycles. The van der Waals surface area contributed by atoms with Gasteiger partial charge in [-0.25, -0.2) is 9.97 Å². The summed E-state index contributed by atoms with van der Waals surface area (Å²) in [5.41, 5.74) is 1.12. The fourth-order valence-corrected chi connectivity index (χ4v) is 2.85. The van der Waals surface area contributed by atoms with Crippen LogP contribution < -0.4 is 4.90 Å². The zero-order valence-corrected chi connectivity index (χ0v) is 10.3. The minimum absolute atomic E-state index is 0.312. The monoisotopic (exact) mass is 223 g/mol. The van der Waals surface area contributed by atoms with Crippen LogP contribution in [0.2, 0.25) is 0 Å². The molecule has 1 aliphatic rings. The molecule has 82 valence electrons. The summed E-state index contributed by atoms with van der Waals surface area (Å²) in [7, 11) is 0. The van der Waals surface area contributed by atoms with Gasteiger partial charge in [0.15, 0.2) is 0 Å². The molecule has 1 fully saturated rings. The average Bonchev–Trinajstić information content (AvgIpc) is 2.17. The topological polar surface area (TPSA) is 29.0 Å². The van der Waals surface area contributed by atoms with Crippen molar-refractivity contribution in [3.05, 3.63) is 18.0 Å². The molecule has 1 aromatic rings. The first kappa shape index (κ1) is 10.7. The van der Waals surface area contributed by atoms with E-state index in [4.69, 9.17) is 0 Å². The maximum absolute atomic E-state index is 4.37. The van der Waals surface area contributed by atoms with Crippen molar-refractivity contribution in [3.63, 3.8) is 0 Å². The van der Waals surface area contributed by atoms with Gasteiger partial charge in [0.05, 0.1) is 0 Å². The molecular formula is C11H17N3S. The Bertz CT molecular complexity index is 334. The maximum Gasteiger partial charge on any atom is 0.225 e.